The van der Waals surface area contributed by atoms with Crippen LogP contribution in [-0.4, -0.2) is 5.24 Å². The van der Waals surface area contributed by atoms with Crippen LogP contribution in [0.5, 0.6) is 0 Å². The highest BCUT2D eigenvalue weighted by Gasteiger charge is 2.20. The van der Waals surface area contributed by atoms with Gasteiger partial charge in [0.1, 0.15) is 11.6 Å². The van der Waals surface area contributed by atoms with Gasteiger partial charge < -0.3 is 0 Å². The first-order valence-electron chi connectivity index (χ1n) is 3.67. The number of carbonyl (C=O) groups is 1. The summed E-state index contributed by atoms with van der Waals surface area (Å²) in [6.45, 7) is 1.36. The molecule has 0 N–H and O–H groups in total. The summed E-state index contributed by atoms with van der Waals surface area (Å²) in [4.78, 5) is 10.7. The molecule has 0 aliphatic heterocycles. The first kappa shape index (κ1) is 10.1. The summed E-state index contributed by atoms with van der Waals surface area (Å²) in [5.41, 5.74) is -0.275. The molecule has 1 rings (SSSR count). The number of benzene rings is 1. The van der Waals surface area contributed by atoms with Gasteiger partial charge in [0.2, 0.25) is 5.24 Å². The second-order valence-electron chi connectivity index (χ2n) is 2.66. The molecule has 0 fully saturated rings. The van der Waals surface area contributed by atoms with Crippen molar-refractivity contribution in [3.8, 4) is 0 Å². The second kappa shape index (κ2) is 3.83. The average Bonchev–Trinajstić information content (AvgIpc) is 2.03. The highest BCUT2D eigenvalue weighted by atomic mass is 35.5. The van der Waals surface area contributed by atoms with Crippen molar-refractivity contribution >= 4 is 16.8 Å². The fraction of sp³-hybridized carbons (Fsp3) is 0.222. The van der Waals surface area contributed by atoms with Crippen molar-refractivity contribution in [2.75, 3.05) is 0 Å². The van der Waals surface area contributed by atoms with E-state index in [1.165, 1.54) is 13.0 Å². The van der Waals surface area contributed by atoms with Crippen LogP contribution >= 0.6 is 11.6 Å². The van der Waals surface area contributed by atoms with Gasteiger partial charge in [-0.05, 0) is 30.7 Å². The fourth-order valence-electron chi connectivity index (χ4n) is 1.04. The topological polar surface area (TPSA) is 17.1 Å². The van der Waals surface area contributed by atoms with Crippen molar-refractivity contribution in [1.29, 1.82) is 0 Å². The molecule has 0 bridgehead atoms. The van der Waals surface area contributed by atoms with Crippen LogP contribution in [0.25, 0.3) is 0 Å². The molecule has 70 valence electrons. The first-order valence-corrected chi connectivity index (χ1v) is 4.05. The maximum atomic E-state index is 13.0. The maximum absolute atomic E-state index is 13.0. The van der Waals surface area contributed by atoms with Crippen molar-refractivity contribution in [3.63, 3.8) is 0 Å². The van der Waals surface area contributed by atoms with Crippen molar-refractivity contribution in [2.24, 2.45) is 0 Å². The SMILES string of the molecule is CC(C(=O)Cl)c1c(F)cccc1F. The normalized spacial score (nSPS) is 12.6. The Labute approximate surface area is 79.3 Å². The minimum atomic E-state index is -0.956. The van der Waals surface area contributed by atoms with Crippen LogP contribution in [0.15, 0.2) is 18.2 Å². The lowest BCUT2D eigenvalue weighted by molar-refractivity contribution is -0.112. The highest BCUT2D eigenvalue weighted by Crippen LogP contribution is 2.23. The van der Waals surface area contributed by atoms with E-state index >= 15 is 0 Å². The second-order valence-corrected chi connectivity index (χ2v) is 3.03. The monoisotopic (exact) mass is 204 g/mol. The molecule has 0 saturated carbocycles. The van der Waals surface area contributed by atoms with Crippen LogP contribution < -0.4 is 0 Å². The molecule has 13 heavy (non-hydrogen) atoms. The van der Waals surface area contributed by atoms with E-state index in [0.717, 1.165) is 12.1 Å². The van der Waals surface area contributed by atoms with Gasteiger partial charge in [0.15, 0.2) is 0 Å². The van der Waals surface area contributed by atoms with Gasteiger partial charge >= 0.3 is 0 Å². The third kappa shape index (κ3) is 2.04. The summed E-state index contributed by atoms with van der Waals surface area (Å²) in [6.07, 6.45) is 0. The van der Waals surface area contributed by atoms with Crippen molar-refractivity contribution in [2.45, 2.75) is 12.8 Å². The zero-order valence-electron chi connectivity index (χ0n) is 6.85. The molecule has 1 atom stereocenters. The van der Waals surface area contributed by atoms with Crippen molar-refractivity contribution in [3.05, 3.63) is 35.4 Å². The van der Waals surface area contributed by atoms with E-state index in [1.54, 1.807) is 0 Å². The molecular formula is C9H7ClF2O. The molecule has 0 saturated heterocycles. The molecule has 0 spiro atoms. The smallest absolute Gasteiger partial charge is 0.229 e. The van der Waals surface area contributed by atoms with Crippen LogP contribution in [0.4, 0.5) is 8.78 Å². The van der Waals surface area contributed by atoms with Gasteiger partial charge in [-0.1, -0.05) is 6.07 Å². The van der Waals surface area contributed by atoms with Gasteiger partial charge in [0.05, 0.1) is 5.92 Å². The molecule has 0 aliphatic rings. The molecule has 0 amide bonds. The average molecular weight is 205 g/mol. The lowest BCUT2D eigenvalue weighted by Crippen LogP contribution is -2.07. The summed E-state index contributed by atoms with van der Waals surface area (Å²) < 4.78 is 26.0. The third-order valence-corrected chi connectivity index (χ3v) is 2.10. The Morgan fingerprint density at radius 3 is 2.23 bits per heavy atom. The zero-order chi connectivity index (χ0) is 10.0. The van der Waals surface area contributed by atoms with Crippen LogP contribution in [0, 0.1) is 11.6 Å². The van der Waals surface area contributed by atoms with Crippen LogP contribution in [-0.2, 0) is 4.79 Å². The summed E-state index contributed by atoms with van der Waals surface area (Å²) in [7, 11) is 0. The Morgan fingerprint density at radius 1 is 1.38 bits per heavy atom. The van der Waals surface area contributed by atoms with Gasteiger partial charge in [-0.3, -0.25) is 4.79 Å². The number of rotatable bonds is 2. The van der Waals surface area contributed by atoms with Crippen molar-refractivity contribution < 1.29 is 13.6 Å². The Bertz CT molecular complexity index is 318. The van der Waals surface area contributed by atoms with Crippen LogP contribution in [0.2, 0.25) is 0 Å². The predicted octanol–water partition coefficient (Wildman–Crippen LogP) is 2.83. The third-order valence-electron chi connectivity index (χ3n) is 1.77. The lowest BCUT2D eigenvalue weighted by Gasteiger charge is -2.08. The summed E-state index contributed by atoms with van der Waals surface area (Å²) >= 11 is 5.13. The van der Waals surface area contributed by atoms with E-state index in [2.05, 4.69) is 0 Å². The molecular weight excluding hydrogens is 198 g/mol. The van der Waals surface area contributed by atoms with E-state index in [-0.39, 0.29) is 5.56 Å². The Hall–Kier alpha value is -0.960. The molecule has 0 radical (unpaired) electrons. The summed E-state index contributed by atoms with van der Waals surface area (Å²) in [5, 5.41) is -0.774. The van der Waals surface area contributed by atoms with Crippen molar-refractivity contribution in [1.82, 2.24) is 0 Å². The fourth-order valence-corrected chi connectivity index (χ4v) is 1.15. The molecule has 0 heterocycles. The van der Waals surface area contributed by atoms with Gasteiger partial charge in [-0.25, -0.2) is 8.78 Å². The van der Waals surface area contributed by atoms with Crippen LogP contribution in [0.1, 0.15) is 18.4 Å². The quantitative estimate of drug-likeness (QED) is 0.677. The van der Waals surface area contributed by atoms with Gasteiger partial charge in [-0.15, -0.1) is 0 Å². The highest BCUT2D eigenvalue weighted by molar-refractivity contribution is 6.64. The molecule has 1 aromatic carbocycles. The van der Waals surface area contributed by atoms with E-state index in [1.807, 2.05) is 0 Å². The van der Waals surface area contributed by atoms with E-state index in [4.69, 9.17) is 11.6 Å². The van der Waals surface area contributed by atoms with Crippen LogP contribution in [0.3, 0.4) is 0 Å². The number of hydrogen-bond donors (Lipinski definition) is 0. The van der Waals surface area contributed by atoms with E-state index < -0.39 is 22.8 Å². The first-order chi connectivity index (χ1) is 6.04. The largest absolute Gasteiger partial charge is 0.281 e. The number of carbonyl (C=O) groups excluding carboxylic acids is 1. The van der Waals surface area contributed by atoms with Gasteiger partial charge in [-0.2, -0.15) is 0 Å². The Kier molecular flexibility index (Phi) is 2.98. The Balaban J connectivity index is 3.20. The standard InChI is InChI=1S/C9H7ClF2O/c1-5(9(10)13)8-6(11)3-2-4-7(8)12/h2-5H,1H3. The molecule has 0 aliphatic carbocycles. The number of halogens is 3. The predicted molar refractivity (Wildman–Crippen MR) is 45.6 cm³/mol. The van der Waals surface area contributed by atoms with Gasteiger partial charge in [0.25, 0.3) is 0 Å². The van der Waals surface area contributed by atoms with E-state index in [0.29, 0.717) is 0 Å². The number of hydrogen-bond acceptors (Lipinski definition) is 1. The minimum Gasteiger partial charge on any atom is -0.281 e. The van der Waals surface area contributed by atoms with E-state index in [9.17, 15) is 13.6 Å². The lowest BCUT2D eigenvalue weighted by atomic mass is 10.0. The Morgan fingerprint density at radius 2 is 1.85 bits per heavy atom. The minimum absolute atomic E-state index is 0.275. The molecule has 1 nitrogen and oxygen atoms in total. The molecule has 0 aromatic heterocycles. The summed E-state index contributed by atoms with van der Waals surface area (Å²) in [5.74, 6) is -2.45. The molecule has 1 unspecified atom stereocenters. The van der Waals surface area contributed by atoms with Gasteiger partial charge in [0, 0.05) is 5.56 Å². The molecule has 4 heteroatoms. The summed E-state index contributed by atoms with van der Waals surface area (Å²) in [6, 6.07) is 3.42. The zero-order valence-corrected chi connectivity index (χ0v) is 7.61. The maximum Gasteiger partial charge on any atom is 0.229 e. The molecule has 1 aromatic rings.